The van der Waals surface area contributed by atoms with E-state index in [9.17, 15) is 0 Å². The normalized spacial score (nSPS) is 17.9. The lowest BCUT2D eigenvalue weighted by Gasteiger charge is -2.21. The molecule has 0 bridgehead atoms. The number of hydrogen-bond donors (Lipinski definition) is 0. The predicted octanol–water partition coefficient (Wildman–Crippen LogP) is 3.33. The van der Waals surface area contributed by atoms with Crippen molar-refractivity contribution in [3.05, 3.63) is 42.6 Å². The standard InChI is InChI=1S/C18H22N2O2/c1-4-10-22-14-8-9-20(12-14)16-11-13(2)19-18-15(16)6-5-7-17(18)21-3/h4-7,11,14H,1,8-10,12H2,2-3H3. The molecule has 0 N–H and O–H groups in total. The van der Waals surface area contributed by atoms with Gasteiger partial charge in [0.05, 0.1) is 19.8 Å². The van der Waals surface area contributed by atoms with Gasteiger partial charge in [0, 0.05) is 29.9 Å². The van der Waals surface area contributed by atoms with Crippen molar-refractivity contribution in [2.24, 2.45) is 0 Å². The number of aryl methyl sites for hydroxylation is 1. The first-order valence-electron chi connectivity index (χ1n) is 7.64. The van der Waals surface area contributed by atoms with Gasteiger partial charge in [-0.25, -0.2) is 4.98 Å². The monoisotopic (exact) mass is 298 g/mol. The summed E-state index contributed by atoms with van der Waals surface area (Å²) < 4.78 is 11.2. The number of fused-ring (bicyclic) bond motifs is 1. The van der Waals surface area contributed by atoms with Crippen molar-refractivity contribution < 1.29 is 9.47 Å². The number of para-hydroxylation sites is 1. The first-order valence-corrected chi connectivity index (χ1v) is 7.64. The Morgan fingerprint density at radius 2 is 2.32 bits per heavy atom. The molecule has 0 spiro atoms. The van der Waals surface area contributed by atoms with E-state index in [4.69, 9.17) is 9.47 Å². The van der Waals surface area contributed by atoms with Crippen molar-refractivity contribution in [3.8, 4) is 5.75 Å². The van der Waals surface area contributed by atoms with E-state index in [0.717, 1.165) is 41.9 Å². The van der Waals surface area contributed by atoms with Crippen LogP contribution < -0.4 is 9.64 Å². The zero-order valence-corrected chi connectivity index (χ0v) is 13.2. The molecule has 1 aliphatic heterocycles. The predicted molar refractivity (Wildman–Crippen MR) is 89.8 cm³/mol. The average molecular weight is 298 g/mol. The second-order valence-corrected chi connectivity index (χ2v) is 5.62. The van der Waals surface area contributed by atoms with Crippen molar-refractivity contribution >= 4 is 16.6 Å². The summed E-state index contributed by atoms with van der Waals surface area (Å²) in [5, 5.41) is 1.13. The molecule has 4 nitrogen and oxygen atoms in total. The van der Waals surface area contributed by atoms with E-state index in [-0.39, 0.29) is 6.10 Å². The molecule has 3 rings (SSSR count). The summed E-state index contributed by atoms with van der Waals surface area (Å²) in [5.74, 6) is 0.820. The van der Waals surface area contributed by atoms with Gasteiger partial charge in [0.15, 0.2) is 0 Å². The fourth-order valence-electron chi connectivity index (χ4n) is 3.04. The molecule has 0 aliphatic carbocycles. The van der Waals surface area contributed by atoms with Gasteiger partial charge >= 0.3 is 0 Å². The van der Waals surface area contributed by atoms with Gasteiger partial charge in [-0.15, -0.1) is 6.58 Å². The van der Waals surface area contributed by atoms with Gasteiger partial charge in [-0.3, -0.25) is 0 Å². The van der Waals surface area contributed by atoms with Crippen LogP contribution in [0.2, 0.25) is 0 Å². The topological polar surface area (TPSA) is 34.6 Å². The van der Waals surface area contributed by atoms with Crippen LogP contribution in [0.5, 0.6) is 5.75 Å². The summed E-state index contributed by atoms with van der Waals surface area (Å²) in [6.07, 6.45) is 3.12. The van der Waals surface area contributed by atoms with Crippen molar-refractivity contribution in [2.75, 3.05) is 31.7 Å². The van der Waals surface area contributed by atoms with E-state index in [1.165, 1.54) is 5.69 Å². The van der Waals surface area contributed by atoms with Crippen LogP contribution in [-0.2, 0) is 4.74 Å². The molecule has 0 radical (unpaired) electrons. The number of rotatable bonds is 5. The van der Waals surface area contributed by atoms with Gasteiger partial charge < -0.3 is 14.4 Å². The maximum Gasteiger partial charge on any atom is 0.145 e. The third kappa shape index (κ3) is 2.79. The SMILES string of the molecule is C=CCOC1CCN(c2cc(C)nc3c(OC)cccc23)C1. The fourth-order valence-corrected chi connectivity index (χ4v) is 3.04. The minimum Gasteiger partial charge on any atom is -0.494 e. The minimum absolute atomic E-state index is 0.270. The Bertz CT molecular complexity index is 684. The highest BCUT2D eigenvalue weighted by Gasteiger charge is 2.25. The lowest BCUT2D eigenvalue weighted by Crippen LogP contribution is -2.23. The van der Waals surface area contributed by atoms with Crippen LogP contribution >= 0.6 is 0 Å². The lowest BCUT2D eigenvalue weighted by molar-refractivity contribution is 0.0909. The highest BCUT2D eigenvalue weighted by atomic mass is 16.5. The summed E-state index contributed by atoms with van der Waals surface area (Å²) >= 11 is 0. The molecule has 1 aliphatic rings. The third-order valence-corrected chi connectivity index (χ3v) is 4.06. The largest absolute Gasteiger partial charge is 0.494 e. The molecule has 2 aromatic rings. The molecule has 116 valence electrons. The second kappa shape index (κ2) is 6.36. The first-order chi connectivity index (χ1) is 10.7. The van der Waals surface area contributed by atoms with Gasteiger partial charge in [-0.1, -0.05) is 18.2 Å². The highest BCUT2D eigenvalue weighted by Crippen LogP contribution is 2.34. The number of aromatic nitrogens is 1. The van der Waals surface area contributed by atoms with Crippen LogP contribution in [-0.4, -0.2) is 37.9 Å². The van der Waals surface area contributed by atoms with Crippen LogP contribution in [0.25, 0.3) is 10.9 Å². The molecule has 1 fully saturated rings. The zero-order chi connectivity index (χ0) is 15.5. The lowest BCUT2D eigenvalue weighted by atomic mass is 10.1. The molecule has 1 aromatic carbocycles. The quantitative estimate of drug-likeness (QED) is 0.793. The molecule has 0 amide bonds. The average Bonchev–Trinajstić information content (AvgIpc) is 3.00. The Kier molecular flexibility index (Phi) is 4.29. The summed E-state index contributed by atoms with van der Waals surface area (Å²) in [6.45, 7) is 8.25. The van der Waals surface area contributed by atoms with Crippen molar-refractivity contribution in [3.63, 3.8) is 0 Å². The summed E-state index contributed by atoms with van der Waals surface area (Å²) in [5.41, 5.74) is 3.14. The van der Waals surface area contributed by atoms with Crippen LogP contribution in [0.1, 0.15) is 12.1 Å². The summed E-state index contributed by atoms with van der Waals surface area (Å²) in [4.78, 5) is 7.03. The number of nitrogens with zero attached hydrogens (tertiary/aromatic N) is 2. The Hall–Kier alpha value is -2.07. The van der Waals surface area contributed by atoms with Crippen LogP contribution in [0.4, 0.5) is 5.69 Å². The first kappa shape index (κ1) is 14.9. The number of anilines is 1. The van der Waals surface area contributed by atoms with E-state index in [1.807, 2.05) is 19.1 Å². The Labute approximate surface area is 131 Å². The number of ether oxygens (including phenoxy) is 2. The molecule has 2 heterocycles. The van der Waals surface area contributed by atoms with Gasteiger partial charge in [0.25, 0.3) is 0 Å². The number of methoxy groups -OCH3 is 1. The van der Waals surface area contributed by atoms with Crippen LogP contribution in [0.3, 0.4) is 0 Å². The van der Waals surface area contributed by atoms with E-state index >= 15 is 0 Å². The highest BCUT2D eigenvalue weighted by molar-refractivity contribution is 5.95. The summed E-state index contributed by atoms with van der Waals surface area (Å²) in [7, 11) is 1.69. The van der Waals surface area contributed by atoms with E-state index in [0.29, 0.717) is 6.61 Å². The van der Waals surface area contributed by atoms with Crippen LogP contribution in [0, 0.1) is 6.92 Å². The second-order valence-electron chi connectivity index (χ2n) is 5.62. The molecule has 1 atom stereocenters. The smallest absolute Gasteiger partial charge is 0.145 e. The number of hydrogen-bond acceptors (Lipinski definition) is 4. The molecular weight excluding hydrogens is 276 g/mol. The van der Waals surface area contributed by atoms with E-state index in [2.05, 4.69) is 28.6 Å². The van der Waals surface area contributed by atoms with E-state index in [1.54, 1.807) is 13.2 Å². The van der Waals surface area contributed by atoms with Crippen LogP contribution in [0.15, 0.2) is 36.9 Å². The van der Waals surface area contributed by atoms with Crippen molar-refractivity contribution in [2.45, 2.75) is 19.4 Å². The Morgan fingerprint density at radius 1 is 1.45 bits per heavy atom. The number of pyridine rings is 1. The minimum atomic E-state index is 0.270. The van der Waals surface area contributed by atoms with Gasteiger partial charge in [0.2, 0.25) is 0 Å². The molecule has 4 heteroatoms. The molecule has 1 aromatic heterocycles. The maximum atomic E-state index is 5.79. The third-order valence-electron chi connectivity index (χ3n) is 4.06. The Balaban J connectivity index is 1.96. The molecule has 22 heavy (non-hydrogen) atoms. The summed E-state index contributed by atoms with van der Waals surface area (Å²) in [6, 6.07) is 8.23. The molecule has 1 saturated heterocycles. The van der Waals surface area contributed by atoms with Crippen molar-refractivity contribution in [1.82, 2.24) is 4.98 Å². The van der Waals surface area contributed by atoms with Crippen molar-refractivity contribution in [1.29, 1.82) is 0 Å². The maximum absolute atomic E-state index is 5.79. The Morgan fingerprint density at radius 3 is 3.09 bits per heavy atom. The van der Waals surface area contributed by atoms with Gasteiger partial charge in [0.1, 0.15) is 11.3 Å². The fraction of sp³-hybridized carbons (Fsp3) is 0.389. The molecule has 1 unspecified atom stereocenters. The van der Waals surface area contributed by atoms with Gasteiger partial charge in [-0.2, -0.15) is 0 Å². The van der Waals surface area contributed by atoms with E-state index < -0.39 is 0 Å². The molecular formula is C18H22N2O2. The number of benzene rings is 1. The van der Waals surface area contributed by atoms with Gasteiger partial charge in [-0.05, 0) is 25.5 Å². The zero-order valence-electron chi connectivity index (χ0n) is 13.2. The molecule has 0 saturated carbocycles.